The van der Waals surface area contributed by atoms with E-state index in [1.165, 1.54) is 6.92 Å². The standard InChI is InChI=1S/C9H9F3N2O2/c1-5-2-8(16-9(10,11)12)6(4-15)7(3-13)14-5/h2,4H,3,13H2,1H3. The van der Waals surface area contributed by atoms with Crippen LogP contribution < -0.4 is 10.5 Å². The van der Waals surface area contributed by atoms with Gasteiger partial charge in [-0.1, -0.05) is 0 Å². The summed E-state index contributed by atoms with van der Waals surface area (Å²) in [4.78, 5) is 14.5. The Labute approximate surface area is 89.2 Å². The number of aromatic nitrogens is 1. The molecule has 4 nitrogen and oxygen atoms in total. The lowest BCUT2D eigenvalue weighted by Crippen LogP contribution is -2.19. The van der Waals surface area contributed by atoms with E-state index in [1.807, 2.05) is 0 Å². The average molecular weight is 234 g/mol. The largest absolute Gasteiger partial charge is 0.573 e. The minimum atomic E-state index is -4.85. The number of carbonyl (C=O) groups is 1. The minimum Gasteiger partial charge on any atom is -0.405 e. The molecule has 0 spiro atoms. The lowest BCUT2D eigenvalue weighted by atomic mass is 10.1. The highest BCUT2D eigenvalue weighted by Gasteiger charge is 2.32. The summed E-state index contributed by atoms with van der Waals surface area (Å²) in [6.07, 6.45) is -4.60. The molecule has 16 heavy (non-hydrogen) atoms. The van der Waals surface area contributed by atoms with Crippen molar-refractivity contribution in [3.63, 3.8) is 0 Å². The number of halogens is 3. The Hall–Kier alpha value is -1.63. The van der Waals surface area contributed by atoms with Gasteiger partial charge in [0.05, 0.1) is 11.3 Å². The quantitative estimate of drug-likeness (QED) is 0.806. The molecule has 0 fully saturated rings. The lowest BCUT2D eigenvalue weighted by Gasteiger charge is -2.13. The molecular formula is C9H9F3N2O2. The topological polar surface area (TPSA) is 65.2 Å². The van der Waals surface area contributed by atoms with Crippen molar-refractivity contribution < 1.29 is 22.7 Å². The molecule has 1 heterocycles. The summed E-state index contributed by atoms with van der Waals surface area (Å²) in [5.41, 5.74) is 5.37. The number of nitrogens with zero attached hydrogens (tertiary/aromatic N) is 1. The maximum absolute atomic E-state index is 12.0. The van der Waals surface area contributed by atoms with Crippen LogP contribution in [0.25, 0.3) is 0 Å². The summed E-state index contributed by atoms with van der Waals surface area (Å²) in [5.74, 6) is -0.574. The molecule has 0 saturated heterocycles. The number of aldehydes is 1. The average Bonchev–Trinajstić information content (AvgIpc) is 2.14. The highest BCUT2D eigenvalue weighted by Crippen LogP contribution is 2.27. The monoisotopic (exact) mass is 234 g/mol. The van der Waals surface area contributed by atoms with Gasteiger partial charge in [0.25, 0.3) is 0 Å². The summed E-state index contributed by atoms with van der Waals surface area (Å²) in [5, 5.41) is 0. The number of carbonyl (C=O) groups excluding carboxylic acids is 1. The zero-order valence-electron chi connectivity index (χ0n) is 8.34. The van der Waals surface area contributed by atoms with E-state index < -0.39 is 12.1 Å². The van der Waals surface area contributed by atoms with Gasteiger partial charge in [0.15, 0.2) is 6.29 Å². The van der Waals surface area contributed by atoms with Crippen LogP contribution in [0.3, 0.4) is 0 Å². The maximum atomic E-state index is 12.0. The van der Waals surface area contributed by atoms with Crippen LogP contribution in [0.4, 0.5) is 13.2 Å². The number of hydrogen-bond acceptors (Lipinski definition) is 4. The minimum absolute atomic E-state index is 0.0780. The molecule has 0 unspecified atom stereocenters. The lowest BCUT2D eigenvalue weighted by molar-refractivity contribution is -0.274. The van der Waals surface area contributed by atoms with E-state index in [2.05, 4.69) is 9.72 Å². The second-order valence-corrected chi connectivity index (χ2v) is 2.99. The molecule has 7 heteroatoms. The van der Waals surface area contributed by atoms with Crippen molar-refractivity contribution in [2.75, 3.05) is 0 Å². The molecule has 0 bridgehead atoms. The van der Waals surface area contributed by atoms with Crippen LogP contribution in [0.15, 0.2) is 6.07 Å². The van der Waals surface area contributed by atoms with E-state index in [0.717, 1.165) is 6.07 Å². The van der Waals surface area contributed by atoms with Gasteiger partial charge >= 0.3 is 6.36 Å². The van der Waals surface area contributed by atoms with Crippen LogP contribution in [0, 0.1) is 6.92 Å². The zero-order chi connectivity index (χ0) is 12.3. The van der Waals surface area contributed by atoms with Crippen molar-refractivity contribution in [3.8, 4) is 5.75 Å². The van der Waals surface area contributed by atoms with Gasteiger partial charge < -0.3 is 10.5 Å². The van der Waals surface area contributed by atoms with Crippen molar-refractivity contribution >= 4 is 6.29 Å². The van der Waals surface area contributed by atoms with Crippen LogP contribution >= 0.6 is 0 Å². The number of pyridine rings is 1. The first kappa shape index (κ1) is 12.4. The fraction of sp³-hybridized carbons (Fsp3) is 0.333. The molecule has 88 valence electrons. The fourth-order valence-corrected chi connectivity index (χ4v) is 1.21. The van der Waals surface area contributed by atoms with Gasteiger partial charge in [-0.15, -0.1) is 13.2 Å². The molecule has 0 aromatic carbocycles. The van der Waals surface area contributed by atoms with Crippen LogP contribution in [0.2, 0.25) is 0 Å². The van der Waals surface area contributed by atoms with Crippen molar-refractivity contribution in [1.29, 1.82) is 0 Å². The van der Waals surface area contributed by atoms with Crippen molar-refractivity contribution in [3.05, 3.63) is 23.0 Å². The zero-order valence-corrected chi connectivity index (χ0v) is 8.34. The van der Waals surface area contributed by atoms with Crippen LogP contribution in [-0.2, 0) is 6.54 Å². The third-order valence-corrected chi connectivity index (χ3v) is 1.76. The van der Waals surface area contributed by atoms with E-state index in [1.54, 1.807) is 0 Å². The van der Waals surface area contributed by atoms with Gasteiger partial charge in [0.2, 0.25) is 0 Å². The Morgan fingerprint density at radius 3 is 2.62 bits per heavy atom. The first-order valence-corrected chi connectivity index (χ1v) is 4.29. The van der Waals surface area contributed by atoms with Gasteiger partial charge in [0.1, 0.15) is 5.75 Å². The van der Waals surface area contributed by atoms with Crippen LogP contribution in [0.1, 0.15) is 21.7 Å². The first-order chi connectivity index (χ1) is 7.37. The number of alkyl halides is 3. The van der Waals surface area contributed by atoms with Gasteiger partial charge in [0, 0.05) is 18.3 Å². The van der Waals surface area contributed by atoms with Crippen LogP contribution in [0.5, 0.6) is 5.75 Å². The van der Waals surface area contributed by atoms with Gasteiger partial charge in [-0.3, -0.25) is 9.78 Å². The maximum Gasteiger partial charge on any atom is 0.573 e. The van der Waals surface area contributed by atoms with Crippen molar-refractivity contribution in [1.82, 2.24) is 4.98 Å². The van der Waals surface area contributed by atoms with E-state index in [-0.39, 0.29) is 24.1 Å². The second kappa shape index (κ2) is 4.48. The summed E-state index contributed by atoms with van der Waals surface area (Å²) in [6.45, 7) is 1.35. The molecule has 0 amide bonds. The Morgan fingerprint density at radius 1 is 1.56 bits per heavy atom. The van der Waals surface area contributed by atoms with Gasteiger partial charge in [-0.05, 0) is 6.92 Å². The second-order valence-electron chi connectivity index (χ2n) is 2.99. The molecule has 0 aliphatic carbocycles. The normalized spacial score (nSPS) is 11.3. The molecule has 0 atom stereocenters. The molecule has 1 aromatic rings. The van der Waals surface area contributed by atoms with Crippen LogP contribution in [-0.4, -0.2) is 17.6 Å². The van der Waals surface area contributed by atoms with E-state index in [4.69, 9.17) is 5.73 Å². The Kier molecular flexibility index (Phi) is 3.48. The molecule has 0 radical (unpaired) electrons. The Morgan fingerprint density at radius 2 is 2.19 bits per heavy atom. The molecule has 0 saturated carbocycles. The number of hydrogen-bond donors (Lipinski definition) is 1. The molecule has 0 aliphatic rings. The fourth-order valence-electron chi connectivity index (χ4n) is 1.21. The third kappa shape index (κ3) is 2.93. The molecular weight excluding hydrogens is 225 g/mol. The Balaban J connectivity index is 3.25. The summed E-state index contributed by atoms with van der Waals surface area (Å²) < 4.78 is 39.8. The van der Waals surface area contributed by atoms with Gasteiger partial charge in [-0.25, -0.2) is 0 Å². The van der Waals surface area contributed by atoms with Crippen molar-refractivity contribution in [2.45, 2.75) is 19.8 Å². The third-order valence-electron chi connectivity index (χ3n) is 1.76. The smallest absolute Gasteiger partial charge is 0.405 e. The number of aryl methyl sites for hydroxylation is 1. The molecule has 0 aliphatic heterocycles. The predicted octanol–water partition coefficient (Wildman–Crippen LogP) is 1.56. The van der Waals surface area contributed by atoms with Crippen molar-refractivity contribution in [2.24, 2.45) is 5.73 Å². The molecule has 2 N–H and O–H groups in total. The highest BCUT2D eigenvalue weighted by molar-refractivity contribution is 5.81. The van der Waals surface area contributed by atoms with E-state index in [9.17, 15) is 18.0 Å². The first-order valence-electron chi connectivity index (χ1n) is 4.29. The summed E-state index contributed by atoms with van der Waals surface area (Å²) in [7, 11) is 0. The summed E-state index contributed by atoms with van der Waals surface area (Å²) >= 11 is 0. The van der Waals surface area contributed by atoms with E-state index in [0.29, 0.717) is 5.69 Å². The molecule has 1 rings (SSSR count). The summed E-state index contributed by atoms with van der Waals surface area (Å²) in [6, 6.07) is 1.04. The van der Waals surface area contributed by atoms with E-state index >= 15 is 0 Å². The van der Waals surface area contributed by atoms with Gasteiger partial charge in [-0.2, -0.15) is 0 Å². The number of ether oxygens (including phenoxy) is 1. The number of nitrogens with two attached hydrogens (primary N) is 1. The SMILES string of the molecule is Cc1cc(OC(F)(F)F)c(C=O)c(CN)n1. The highest BCUT2D eigenvalue weighted by atomic mass is 19.4. The predicted molar refractivity (Wildman–Crippen MR) is 48.9 cm³/mol. The Bertz CT molecular complexity index is 404. The molecule has 1 aromatic heterocycles. The number of rotatable bonds is 3.